The molecule has 1 amide bonds. The van der Waals surface area contributed by atoms with E-state index in [-0.39, 0.29) is 23.4 Å². The second-order valence-electron chi connectivity index (χ2n) is 8.27. The highest BCUT2D eigenvalue weighted by molar-refractivity contribution is 5.89. The Morgan fingerprint density at radius 2 is 2.00 bits per heavy atom. The van der Waals surface area contributed by atoms with Crippen LogP contribution in [-0.4, -0.2) is 42.3 Å². The molecule has 1 saturated carbocycles. The standard InChI is InChI=1S/C19H23NO4/c1-17(2,3)24-16(22)20-10-14-9-19(13-7-5-4-6-8-13)15(21)23-12-18(14,19)11-20/h4-8,14H,9-12H2,1-3H3. The number of rotatable bonds is 1. The molecule has 0 aromatic heterocycles. The van der Waals surface area contributed by atoms with Gasteiger partial charge in [-0.25, -0.2) is 4.79 Å². The smallest absolute Gasteiger partial charge is 0.410 e. The lowest BCUT2D eigenvalue weighted by Gasteiger charge is -2.53. The Hall–Kier alpha value is -2.04. The number of carbonyl (C=O) groups is 2. The Balaban J connectivity index is 1.64. The molecule has 1 aromatic rings. The van der Waals surface area contributed by atoms with Gasteiger partial charge in [-0.15, -0.1) is 0 Å². The monoisotopic (exact) mass is 329 g/mol. The van der Waals surface area contributed by atoms with Crippen LogP contribution in [0.4, 0.5) is 4.79 Å². The predicted octanol–water partition coefficient (Wildman–Crippen LogP) is 2.74. The molecule has 3 fully saturated rings. The van der Waals surface area contributed by atoms with Crippen LogP contribution < -0.4 is 0 Å². The Morgan fingerprint density at radius 3 is 2.67 bits per heavy atom. The van der Waals surface area contributed by atoms with E-state index in [0.29, 0.717) is 19.7 Å². The van der Waals surface area contributed by atoms with Gasteiger partial charge in [0.2, 0.25) is 0 Å². The molecular weight excluding hydrogens is 306 g/mol. The average molecular weight is 329 g/mol. The third kappa shape index (κ3) is 1.87. The minimum absolute atomic E-state index is 0.143. The van der Waals surface area contributed by atoms with Gasteiger partial charge in [0.15, 0.2) is 0 Å². The van der Waals surface area contributed by atoms with Crippen LogP contribution in [0.25, 0.3) is 0 Å². The van der Waals surface area contributed by atoms with Crippen LogP contribution in [0.15, 0.2) is 30.3 Å². The third-order valence-electron chi connectivity index (χ3n) is 5.83. The number of likely N-dealkylation sites (tertiary alicyclic amines) is 1. The van der Waals surface area contributed by atoms with Crippen molar-refractivity contribution in [3.63, 3.8) is 0 Å². The molecule has 1 aromatic carbocycles. The quantitative estimate of drug-likeness (QED) is 0.744. The molecule has 128 valence electrons. The maximum Gasteiger partial charge on any atom is 0.410 e. The van der Waals surface area contributed by atoms with Crippen LogP contribution in [0, 0.1) is 11.3 Å². The van der Waals surface area contributed by atoms with Crippen molar-refractivity contribution in [1.29, 1.82) is 0 Å². The molecule has 3 aliphatic rings. The highest BCUT2D eigenvalue weighted by Crippen LogP contribution is 2.68. The van der Waals surface area contributed by atoms with Crippen molar-refractivity contribution < 1.29 is 19.1 Å². The summed E-state index contributed by atoms with van der Waals surface area (Å²) in [5.74, 6) is 0.146. The number of carbonyl (C=O) groups excluding carboxylic acids is 2. The SMILES string of the molecule is CC(C)(C)OC(=O)N1CC2CC3(c4ccccc4)C(=O)OCC23C1. The van der Waals surface area contributed by atoms with E-state index in [2.05, 4.69) is 0 Å². The van der Waals surface area contributed by atoms with E-state index in [4.69, 9.17) is 9.47 Å². The number of hydrogen-bond acceptors (Lipinski definition) is 4. The molecule has 2 heterocycles. The van der Waals surface area contributed by atoms with Crippen molar-refractivity contribution in [2.24, 2.45) is 11.3 Å². The van der Waals surface area contributed by atoms with E-state index in [1.165, 1.54) is 0 Å². The molecule has 0 radical (unpaired) electrons. The van der Waals surface area contributed by atoms with Crippen LogP contribution in [0.5, 0.6) is 0 Å². The van der Waals surface area contributed by atoms with Gasteiger partial charge < -0.3 is 14.4 Å². The van der Waals surface area contributed by atoms with Gasteiger partial charge in [-0.3, -0.25) is 4.79 Å². The van der Waals surface area contributed by atoms with Crippen LogP contribution in [-0.2, 0) is 19.7 Å². The van der Waals surface area contributed by atoms with E-state index in [1.807, 2.05) is 51.1 Å². The number of cyclic esters (lactones) is 1. The lowest BCUT2D eigenvalue weighted by atomic mass is 9.44. The fourth-order valence-corrected chi connectivity index (χ4v) is 4.76. The van der Waals surface area contributed by atoms with Crippen LogP contribution in [0.1, 0.15) is 32.8 Å². The van der Waals surface area contributed by atoms with Gasteiger partial charge in [0.25, 0.3) is 0 Å². The Kier molecular flexibility index (Phi) is 3.06. The van der Waals surface area contributed by atoms with Gasteiger partial charge in [0.1, 0.15) is 17.6 Å². The second kappa shape index (κ2) is 4.74. The van der Waals surface area contributed by atoms with Crippen molar-refractivity contribution in [1.82, 2.24) is 4.90 Å². The third-order valence-corrected chi connectivity index (χ3v) is 5.83. The maximum atomic E-state index is 12.6. The number of nitrogens with zero attached hydrogens (tertiary/aromatic N) is 1. The van der Waals surface area contributed by atoms with Crippen molar-refractivity contribution >= 4 is 12.1 Å². The van der Waals surface area contributed by atoms with E-state index >= 15 is 0 Å². The van der Waals surface area contributed by atoms with Crippen LogP contribution >= 0.6 is 0 Å². The summed E-state index contributed by atoms with van der Waals surface area (Å²) in [5, 5.41) is 0. The molecule has 1 aliphatic carbocycles. The number of benzene rings is 1. The van der Waals surface area contributed by atoms with Crippen molar-refractivity contribution in [2.45, 2.75) is 38.2 Å². The normalized spacial score (nSPS) is 34.2. The first-order valence-corrected chi connectivity index (χ1v) is 8.49. The Bertz CT molecular complexity index is 695. The first kappa shape index (κ1) is 15.5. The van der Waals surface area contributed by atoms with Gasteiger partial charge in [0, 0.05) is 18.5 Å². The predicted molar refractivity (Wildman–Crippen MR) is 87.4 cm³/mol. The zero-order valence-electron chi connectivity index (χ0n) is 14.4. The molecule has 0 N–H and O–H groups in total. The Morgan fingerprint density at radius 1 is 1.29 bits per heavy atom. The summed E-state index contributed by atoms with van der Waals surface area (Å²) in [4.78, 5) is 26.9. The molecule has 1 spiro atoms. The van der Waals surface area contributed by atoms with E-state index in [1.54, 1.807) is 4.90 Å². The summed E-state index contributed by atoms with van der Waals surface area (Å²) in [6, 6.07) is 9.86. The topological polar surface area (TPSA) is 55.8 Å². The zero-order valence-corrected chi connectivity index (χ0v) is 14.4. The molecule has 3 unspecified atom stereocenters. The van der Waals surface area contributed by atoms with Crippen molar-refractivity contribution in [3.8, 4) is 0 Å². The molecule has 0 bridgehead atoms. The van der Waals surface area contributed by atoms with E-state index in [0.717, 1.165) is 12.0 Å². The number of ether oxygens (including phenoxy) is 2. The minimum Gasteiger partial charge on any atom is -0.464 e. The first-order chi connectivity index (χ1) is 11.3. The van der Waals surface area contributed by atoms with E-state index < -0.39 is 11.0 Å². The fourth-order valence-electron chi connectivity index (χ4n) is 4.76. The molecular formula is C19H23NO4. The van der Waals surface area contributed by atoms with Gasteiger partial charge >= 0.3 is 12.1 Å². The molecule has 24 heavy (non-hydrogen) atoms. The van der Waals surface area contributed by atoms with Crippen LogP contribution in [0.3, 0.4) is 0 Å². The minimum atomic E-state index is -0.601. The summed E-state index contributed by atoms with van der Waals surface area (Å²) in [5.41, 5.74) is -0.415. The summed E-state index contributed by atoms with van der Waals surface area (Å²) in [6.45, 7) is 7.15. The number of amides is 1. The summed E-state index contributed by atoms with van der Waals surface area (Å²) in [7, 11) is 0. The van der Waals surface area contributed by atoms with E-state index in [9.17, 15) is 9.59 Å². The zero-order chi connectivity index (χ0) is 17.2. The molecule has 5 heteroatoms. The number of hydrogen-bond donors (Lipinski definition) is 0. The van der Waals surface area contributed by atoms with Gasteiger partial charge in [0.05, 0.1) is 0 Å². The summed E-state index contributed by atoms with van der Waals surface area (Å²) < 4.78 is 11.0. The average Bonchev–Trinajstić information content (AvgIpc) is 2.91. The van der Waals surface area contributed by atoms with Gasteiger partial charge in [-0.2, -0.15) is 0 Å². The van der Waals surface area contributed by atoms with Crippen LogP contribution in [0.2, 0.25) is 0 Å². The second-order valence-corrected chi connectivity index (χ2v) is 8.27. The highest BCUT2D eigenvalue weighted by Gasteiger charge is 2.77. The van der Waals surface area contributed by atoms with Gasteiger partial charge in [-0.05, 0) is 38.7 Å². The highest BCUT2D eigenvalue weighted by atomic mass is 16.6. The molecule has 3 atom stereocenters. The van der Waals surface area contributed by atoms with Crippen molar-refractivity contribution in [2.75, 3.05) is 19.7 Å². The molecule has 4 rings (SSSR count). The molecule has 2 aliphatic heterocycles. The Labute approximate surface area is 141 Å². The summed E-state index contributed by atoms with van der Waals surface area (Å²) >= 11 is 0. The fraction of sp³-hybridized carbons (Fsp3) is 0.579. The maximum absolute atomic E-state index is 12.6. The lowest BCUT2D eigenvalue weighted by molar-refractivity contribution is -0.146. The first-order valence-electron chi connectivity index (χ1n) is 8.49. The van der Waals surface area contributed by atoms with Gasteiger partial charge in [-0.1, -0.05) is 30.3 Å². The molecule has 5 nitrogen and oxygen atoms in total. The molecule has 2 saturated heterocycles. The summed E-state index contributed by atoms with van der Waals surface area (Å²) in [6.07, 6.45) is 0.447. The lowest BCUT2D eigenvalue weighted by Crippen LogP contribution is -2.62. The number of esters is 1. The van der Waals surface area contributed by atoms with Crippen molar-refractivity contribution in [3.05, 3.63) is 35.9 Å². The largest absolute Gasteiger partial charge is 0.464 e.